The Labute approximate surface area is 48.4 Å². The Morgan fingerprint density at radius 1 is 1.71 bits per heavy atom. The SMILES string of the molecule is Cn1ccc([S])c1. The van der Waals surface area contributed by atoms with Crippen molar-refractivity contribution in [3.63, 3.8) is 0 Å². The molecule has 1 nitrogen and oxygen atoms in total. The highest BCUT2D eigenvalue weighted by atomic mass is 32.1. The largest absolute Gasteiger partial charge is 0.356 e. The highest BCUT2D eigenvalue weighted by molar-refractivity contribution is 7.80. The minimum atomic E-state index is 0.905. The van der Waals surface area contributed by atoms with Crippen molar-refractivity contribution >= 4 is 12.6 Å². The average molecular weight is 112 g/mol. The highest BCUT2D eigenvalue weighted by Crippen LogP contribution is 2.02. The molecule has 0 saturated carbocycles. The smallest absolute Gasteiger partial charge is 0.0553 e. The van der Waals surface area contributed by atoms with Gasteiger partial charge in [0, 0.05) is 19.4 Å². The molecule has 1 aromatic heterocycles. The summed E-state index contributed by atoms with van der Waals surface area (Å²) in [5.74, 6) is 0. The molecule has 0 aliphatic heterocycles. The molecule has 2 heteroatoms. The summed E-state index contributed by atoms with van der Waals surface area (Å²) in [7, 11) is 1.95. The topological polar surface area (TPSA) is 4.93 Å². The van der Waals surface area contributed by atoms with Crippen LogP contribution in [0.25, 0.3) is 0 Å². The van der Waals surface area contributed by atoms with Crippen molar-refractivity contribution in [2.45, 2.75) is 4.90 Å². The molecule has 37 valence electrons. The fourth-order valence-electron chi connectivity index (χ4n) is 0.478. The molecule has 1 rings (SSSR count). The lowest BCUT2D eigenvalue weighted by Gasteiger charge is -1.80. The minimum Gasteiger partial charge on any atom is -0.356 e. The Bertz CT molecular complexity index is 140. The highest BCUT2D eigenvalue weighted by Gasteiger charge is 1.82. The first-order valence-electron chi connectivity index (χ1n) is 2.08. The maximum Gasteiger partial charge on any atom is 0.0553 e. The van der Waals surface area contributed by atoms with Crippen molar-refractivity contribution < 1.29 is 0 Å². The van der Waals surface area contributed by atoms with Gasteiger partial charge in [0.25, 0.3) is 0 Å². The minimum absolute atomic E-state index is 0.905. The van der Waals surface area contributed by atoms with Crippen molar-refractivity contribution in [3.8, 4) is 0 Å². The molecule has 1 aromatic rings. The second kappa shape index (κ2) is 1.54. The fraction of sp³-hybridized carbons (Fsp3) is 0.200. The Morgan fingerprint density at radius 3 is 2.57 bits per heavy atom. The van der Waals surface area contributed by atoms with Gasteiger partial charge in [0.2, 0.25) is 0 Å². The van der Waals surface area contributed by atoms with E-state index in [1.165, 1.54) is 0 Å². The maximum absolute atomic E-state index is 4.81. The van der Waals surface area contributed by atoms with E-state index in [-0.39, 0.29) is 0 Å². The first kappa shape index (κ1) is 4.65. The molecule has 0 amide bonds. The van der Waals surface area contributed by atoms with E-state index in [1.807, 2.05) is 30.1 Å². The van der Waals surface area contributed by atoms with Crippen LogP contribution in [0.4, 0.5) is 0 Å². The van der Waals surface area contributed by atoms with Crippen LogP contribution in [0.1, 0.15) is 0 Å². The number of aryl methyl sites for hydroxylation is 1. The zero-order valence-corrected chi connectivity index (χ0v) is 4.90. The Kier molecular flexibility index (Phi) is 1.02. The van der Waals surface area contributed by atoms with E-state index in [9.17, 15) is 0 Å². The number of hydrogen-bond donors (Lipinski definition) is 0. The summed E-state index contributed by atoms with van der Waals surface area (Å²) >= 11 is 4.81. The van der Waals surface area contributed by atoms with Gasteiger partial charge in [-0.3, -0.25) is 0 Å². The third kappa shape index (κ3) is 0.933. The zero-order valence-electron chi connectivity index (χ0n) is 4.09. The summed E-state index contributed by atoms with van der Waals surface area (Å²) in [5, 5.41) is 0. The molecule has 0 saturated heterocycles. The molecule has 0 aromatic carbocycles. The van der Waals surface area contributed by atoms with Gasteiger partial charge in [-0.05, 0) is 6.07 Å². The van der Waals surface area contributed by atoms with Gasteiger partial charge in [-0.1, -0.05) is 12.6 Å². The van der Waals surface area contributed by atoms with E-state index in [0.717, 1.165) is 4.90 Å². The molecule has 0 spiro atoms. The summed E-state index contributed by atoms with van der Waals surface area (Å²) in [5.41, 5.74) is 0. The normalized spacial score (nSPS) is 9.29. The predicted molar refractivity (Wildman–Crippen MR) is 31.3 cm³/mol. The van der Waals surface area contributed by atoms with Crippen LogP contribution >= 0.6 is 12.6 Å². The quantitative estimate of drug-likeness (QED) is 0.480. The summed E-state index contributed by atoms with van der Waals surface area (Å²) in [4.78, 5) is 0.905. The number of rotatable bonds is 0. The van der Waals surface area contributed by atoms with Crippen LogP contribution in [0.5, 0.6) is 0 Å². The van der Waals surface area contributed by atoms with Crippen LogP contribution in [0.3, 0.4) is 0 Å². The third-order valence-electron chi connectivity index (χ3n) is 0.805. The molecule has 0 aliphatic carbocycles. The van der Waals surface area contributed by atoms with Crippen LogP contribution in [0.2, 0.25) is 0 Å². The predicted octanol–water partition coefficient (Wildman–Crippen LogP) is 1.58. The van der Waals surface area contributed by atoms with Gasteiger partial charge in [-0.25, -0.2) is 0 Å². The molecule has 0 aliphatic rings. The standard InChI is InChI=1S/C5H6NS/c1-6-3-2-5(7)4-6/h2-4H,1H3. The first-order chi connectivity index (χ1) is 3.29. The molecular formula is C5H6NS. The number of nitrogens with zero attached hydrogens (tertiary/aromatic N) is 1. The summed E-state index contributed by atoms with van der Waals surface area (Å²) in [6.45, 7) is 0. The molecule has 0 N–H and O–H groups in total. The Balaban J connectivity index is 3.04. The molecule has 1 heterocycles. The van der Waals surface area contributed by atoms with Gasteiger partial charge in [0.15, 0.2) is 0 Å². The summed E-state index contributed by atoms with van der Waals surface area (Å²) in [6.07, 6.45) is 3.83. The van der Waals surface area contributed by atoms with Crippen LogP contribution in [-0.4, -0.2) is 4.57 Å². The maximum atomic E-state index is 4.81. The zero-order chi connectivity index (χ0) is 5.28. The molecular weight excluding hydrogens is 106 g/mol. The van der Waals surface area contributed by atoms with Crippen LogP contribution in [0.15, 0.2) is 23.4 Å². The van der Waals surface area contributed by atoms with Crippen molar-refractivity contribution in [1.29, 1.82) is 0 Å². The van der Waals surface area contributed by atoms with E-state index in [0.29, 0.717) is 0 Å². The van der Waals surface area contributed by atoms with Crippen LogP contribution in [0, 0.1) is 0 Å². The van der Waals surface area contributed by atoms with Gasteiger partial charge >= 0.3 is 0 Å². The second-order valence-corrected chi connectivity index (χ2v) is 1.98. The lowest BCUT2D eigenvalue weighted by atomic mass is 10.7. The summed E-state index contributed by atoms with van der Waals surface area (Å²) in [6, 6.07) is 1.90. The third-order valence-corrected chi connectivity index (χ3v) is 1.05. The van der Waals surface area contributed by atoms with Gasteiger partial charge in [0.1, 0.15) is 0 Å². The Morgan fingerprint density at radius 2 is 2.43 bits per heavy atom. The molecule has 0 bridgehead atoms. The number of aromatic nitrogens is 1. The molecule has 0 fully saturated rings. The fourth-order valence-corrected chi connectivity index (χ4v) is 0.705. The second-order valence-electron chi connectivity index (χ2n) is 1.51. The lowest BCUT2D eigenvalue weighted by molar-refractivity contribution is 0.921. The van der Waals surface area contributed by atoms with Crippen LogP contribution < -0.4 is 0 Å². The van der Waals surface area contributed by atoms with E-state index in [1.54, 1.807) is 0 Å². The van der Waals surface area contributed by atoms with E-state index < -0.39 is 0 Å². The van der Waals surface area contributed by atoms with Gasteiger partial charge < -0.3 is 4.57 Å². The van der Waals surface area contributed by atoms with Gasteiger partial charge in [0.05, 0.1) is 4.90 Å². The van der Waals surface area contributed by atoms with E-state index in [4.69, 9.17) is 12.6 Å². The van der Waals surface area contributed by atoms with E-state index in [2.05, 4.69) is 0 Å². The number of hydrogen-bond acceptors (Lipinski definition) is 0. The summed E-state index contributed by atoms with van der Waals surface area (Å²) < 4.78 is 1.93. The molecule has 0 unspecified atom stereocenters. The van der Waals surface area contributed by atoms with Gasteiger partial charge in [-0.2, -0.15) is 0 Å². The van der Waals surface area contributed by atoms with Crippen LogP contribution in [-0.2, 0) is 7.05 Å². The lowest BCUT2D eigenvalue weighted by Crippen LogP contribution is -1.75. The monoisotopic (exact) mass is 112 g/mol. The van der Waals surface area contributed by atoms with Crippen molar-refractivity contribution in [3.05, 3.63) is 18.5 Å². The Hall–Kier alpha value is -0.500. The van der Waals surface area contributed by atoms with Crippen molar-refractivity contribution in [1.82, 2.24) is 4.57 Å². The van der Waals surface area contributed by atoms with Crippen molar-refractivity contribution in [2.75, 3.05) is 0 Å². The molecule has 0 atom stereocenters. The first-order valence-corrected chi connectivity index (χ1v) is 2.49. The van der Waals surface area contributed by atoms with Gasteiger partial charge in [-0.15, -0.1) is 0 Å². The molecule has 7 heavy (non-hydrogen) atoms. The molecule has 1 radical (unpaired) electrons. The van der Waals surface area contributed by atoms with Crippen molar-refractivity contribution in [2.24, 2.45) is 7.05 Å². The van der Waals surface area contributed by atoms with E-state index >= 15 is 0 Å². The average Bonchev–Trinajstić information content (AvgIpc) is 1.87.